The summed E-state index contributed by atoms with van der Waals surface area (Å²) in [5.41, 5.74) is 0. The lowest BCUT2D eigenvalue weighted by molar-refractivity contribution is 0.0762. The number of thiophene rings is 1. The van der Waals surface area contributed by atoms with Crippen LogP contribution in [0.3, 0.4) is 0 Å². The molecule has 0 radical (unpaired) electrons. The van der Waals surface area contributed by atoms with E-state index in [4.69, 9.17) is 0 Å². The van der Waals surface area contributed by atoms with Gasteiger partial charge in [0.05, 0.1) is 4.88 Å². The van der Waals surface area contributed by atoms with Crippen LogP contribution < -0.4 is 0 Å². The Bertz CT molecular complexity index is 389. The van der Waals surface area contributed by atoms with E-state index in [2.05, 4.69) is 31.4 Å². The minimum atomic E-state index is 0.132. The molecule has 1 aromatic rings. The smallest absolute Gasteiger partial charge is 0.263 e. The summed E-state index contributed by atoms with van der Waals surface area (Å²) in [4.78, 5) is 18.3. The predicted molar refractivity (Wildman–Crippen MR) is 85.6 cm³/mol. The van der Waals surface area contributed by atoms with E-state index in [0.29, 0.717) is 0 Å². The first-order valence-corrected chi connectivity index (χ1v) is 8.24. The molecule has 0 fully saturated rings. The Morgan fingerprint density at radius 1 is 1.21 bits per heavy atom. The molecule has 0 saturated carbocycles. The van der Waals surface area contributed by atoms with Crippen molar-refractivity contribution in [2.24, 2.45) is 0 Å². The highest BCUT2D eigenvalue weighted by atomic mass is 32.1. The van der Waals surface area contributed by atoms with E-state index in [1.54, 1.807) is 0 Å². The average Bonchev–Trinajstić information content (AvgIpc) is 2.85. The monoisotopic (exact) mass is 300 g/mol. The maximum Gasteiger partial charge on any atom is 0.263 e. The lowest BCUT2D eigenvalue weighted by Crippen LogP contribution is -2.34. The molecule has 1 amide bonds. The lowest BCUT2D eigenvalue weighted by atomic mass is 10.3. The Hall–Kier alpha value is -0.520. The van der Waals surface area contributed by atoms with E-state index in [1.165, 1.54) is 11.3 Å². The first-order valence-electron chi connectivity index (χ1n) is 6.91. The summed E-state index contributed by atoms with van der Waals surface area (Å²) in [5, 5.41) is 1.90. The van der Waals surface area contributed by atoms with Gasteiger partial charge in [0, 0.05) is 23.4 Å². The SMILES string of the molecule is CCN(CC)CCCN(CC)C(=O)c1cc(S)cs1. The third-order valence-electron chi connectivity index (χ3n) is 3.26. The largest absolute Gasteiger partial charge is 0.338 e. The summed E-state index contributed by atoms with van der Waals surface area (Å²) in [6.07, 6.45) is 1.03. The van der Waals surface area contributed by atoms with Gasteiger partial charge in [0.1, 0.15) is 0 Å². The maximum atomic E-state index is 12.3. The minimum absolute atomic E-state index is 0.132. The van der Waals surface area contributed by atoms with Gasteiger partial charge in [-0.2, -0.15) is 0 Å². The molecule has 0 atom stereocenters. The van der Waals surface area contributed by atoms with Gasteiger partial charge in [-0.25, -0.2) is 0 Å². The van der Waals surface area contributed by atoms with Crippen LogP contribution in [-0.2, 0) is 0 Å². The Labute approximate surface area is 126 Å². The normalized spacial score (nSPS) is 11.0. The second kappa shape index (κ2) is 8.61. The van der Waals surface area contributed by atoms with Crippen molar-refractivity contribution in [2.75, 3.05) is 32.7 Å². The number of hydrogen-bond acceptors (Lipinski definition) is 4. The summed E-state index contributed by atoms with van der Waals surface area (Å²) in [7, 11) is 0. The van der Waals surface area contributed by atoms with E-state index in [1.807, 2.05) is 23.3 Å². The van der Waals surface area contributed by atoms with Crippen LogP contribution in [0.2, 0.25) is 0 Å². The first-order chi connectivity index (χ1) is 9.12. The van der Waals surface area contributed by atoms with Crippen molar-refractivity contribution >= 4 is 29.9 Å². The standard InChI is InChI=1S/C14H24N2OS2/c1-4-15(5-2)8-7-9-16(6-3)14(17)13-10-12(18)11-19-13/h10-11,18H,4-9H2,1-3H3. The zero-order valence-electron chi connectivity index (χ0n) is 12.1. The van der Waals surface area contributed by atoms with Crippen molar-refractivity contribution in [2.45, 2.75) is 32.1 Å². The summed E-state index contributed by atoms with van der Waals surface area (Å²) < 4.78 is 0. The second-order valence-corrected chi connectivity index (χ2v) is 5.86. The van der Waals surface area contributed by atoms with Gasteiger partial charge in [-0.3, -0.25) is 4.79 Å². The highest BCUT2D eigenvalue weighted by molar-refractivity contribution is 7.80. The zero-order valence-corrected chi connectivity index (χ0v) is 13.8. The minimum Gasteiger partial charge on any atom is -0.338 e. The highest BCUT2D eigenvalue weighted by Crippen LogP contribution is 2.19. The Kier molecular flexibility index (Phi) is 7.49. The Balaban J connectivity index is 2.47. The summed E-state index contributed by atoms with van der Waals surface area (Å²) in [6, 6.07) is 1.85. The third kappa shape index (κ3) is 5.16. The fourth-order valence-electron chi connectivity index (χ4n) is 2.02. The number of hydrogen-bond donors (Lipinski definition) is 1. The second-order valence-electron chi connectivity index (χ2n) is 4.43. The zero-order chi connectivity index (χ0) is 14.3. The van der Waals surface area contributed by atoms with Gasteiger partial charge < -0.3 is 9.80 Å². The molecule has 19 heavy (non-hydrogen) atoms. The van der Waals surface area contributed by atoms with Crippen LogP contribution in [0.4, 0.5) is 0 Å². The molecule has 0 unspecified atom stereocenters. The van der Waals surface area contributed by atoms with Crippen LogP contribution in [0, 0.1) is 0 Å². The van der Waals surface area contributed by atoms with Crippen LogP contribution in [0.25, 0.3) is 0 Å². The third-order valence-corrected chi connectivity index (χ3v) is 4.61. The maximum absolute atomic E-state index is 12.3. The number of carbonyl (C=O) groups excluding carboxylic acids is 1. The molecule has 1 rings (SSSR count). The van der Waals surface area contributed by atoms with Gasteiger partial charge in [-0.05, 0) is 39.0 Å². The Morgan fingerprint density at radius 2 is 1.89 bits per heavy atom. The van der Waals surface area contributed by atoms with E-state index in [-0.39, 0.29) is 5.91 Å². The van der Waals surface area contributed by atoms with Crippen LogP contribution in [-0.4, -0.2) is 48.4 Å². The fraction of sp³-hybridized carbons (Fsp3) is 0.643. The van der Waals surface area contributed by atoms with Crippen molar-refractivity contribution in [1.29, 1.82) is 0 Å². The number of carbonyl (C=O) groups is 1. The van der Waals surface area contributed by atoms with Gasteiger partial charge >= 0.3 is 0 Å². The van der Waals surface area contributed by atoms with Crippen molar-refractivity contribution in [1.82, 2.24) is 9.80 Å². The molecular weight excluding hydrogens is 276 g/mol. The highest BCUT2D eigenvalue weighted by Gasteiger charge is 2.15. The van der Waals surface area contributed by atoms with Gasteiger partial charge in [0.2, 0.25) is 0 Å². The quantitative estimate of drug-likeness (QED) is 0.745. The predicted octanol–water partition coefficient (Wildman–Crippen LogP) is 3.23. The molecule has 0 aliphatic rings. The molecule has 5 heteroatoms. The molecule has 0 bridgehead atoms. The van der Waals surface area contributed by atoms with Gasteiger partial charge in [0.15, 0.2) is 0 Å². The molecule has 0 aliphatic heterocycles. The van der Waals surface area contributed by atoms with E-state index < -0.39 is 0 Å². The van der Waals surface area contributed by atoms with E-state index >= 15 is 0 Å². The number of thiol groups is 1. The first kappa shape index (κ1) is 16.5. The van der Waals surface area contributed by atoms with Crippen molar-refractivity contribution < 1.29 is 4.79 Å². The summed E-state index contributed by atoms with van der Waals surface area (Å²) in [5.74, 6) is 0.132. The van der Waals surface area contributed by atoms with Gasteiger partial charge in [0.25, 0.3) is 5.91 Å². The van der Waals surface area contributed by atoms with Crippen molar-refractivity contribution in [3.05, 3.63) is 16.3 Å². The molecule has 108 valence electrons. The van der Waals surface area contributed by atoms with E-state index in [0.717, 1.165) is 48.9 Å². The van der Waals surface area contributed by atoms with Gasteiger partial charge in [-0.1, -0.05) is 13.8 Å². The molecule has 1 aromatic heterocycles. The van der Waals surface area contributed by atoms with Crippen molar-refractivity contribution in [3.63, 3.8) is 0 Å². The summed E-state index contributed by atoms with van der Waals surface area (Å²) in [6.45, 7) is 11.2. The van der Waals surface area contributed by atoms with Crippen molar-refractivity contribution in [3.8, 4) is 0 Å². The topological polar surface area (TPSA) is 23.6 Å². The van der Waals surface area contributed by atoms with Crippen LogP contribution in [0.5, 0.6) is 0 Å². The summed E-state index contributed by atoms with van der Waals surface area (Å²) >= 11 is 5.73. The average molecular weight is 300 g/mol. The number of rotatable bonds is 8. The fourth-order valence-corrected chi connectivity index (χ4v) is 3.14. The molecular formula is C14H24N2OS2. The van der Waals surface area contributed by atoms with E-state index in [9.17, 15) is 4.79 Å². The molecule has 0 aromatic carbocycles. The van der Waals surface area contributed by atoms with Crippen LogP contribution in [0.15, 0.2) is 16.3 Å². The molecule has 0 spiro atoms. The molecule has 0 saturated heterocycles. The van der Waals surface area contributed by atoms with Gasteiger partial charge in [-0.15, -0.1) is 24.0 Å². The molecule has 0 aliphatic carbocycles. The van der Waals surface area contributed by atoms with Crippen LogP contribution in [0.1, 0.15) is 36.9 Å². The molecule has 1 heterocycles. The molecule has 0 N–H and O–H groups in total. The number of amides is 1. The number of nitrogens with zero attached hydrogens (tertiary/aromatic N) is 2. The molecule has 3 nitrogen and oxygen atoms in total. The van der Waals surface area contributed by atoms with Crippen LogP contribution >= 0.6 is 24.0 Å². The lowest BCUT2D eigenvalue weighted by Gasteiger charge is -2.23. The Morgan fingerprint density at radius 3 is 2.37 bits per heavy atom.